The summed E-state index contributed by atoms with van der Waals surface area (Å²) in [4.78, 5) is 4.21. The molecule has 1 heterocycles. The van der Waals surface area contributed by atoms with Crippen molar-refractivity contribution >= 4 is 11.4 Å². The molecule has 1 aromatic rings. The molecule has 13 heavy (non-hydrogen) atoms. The largest absolute Gasteiger partial charge is 0.397 e. The highest BCUT2D eigenvalue weighted by atomic mass is 14.8. The minimum Gasteiger partial charge on any atom is -0.397 e. The standard InChI is InChI=1S/C10H17N3/c1-7(2)3-4-9-10(12)8(11)5-6-13-9/h5-7H,3-4,12H2,1-2H3,(H2,11,13). The molecule has 0 amide bonds. The zero-order valence-corrected chi connectivity index (χ0v) is 8.25. The fourth-order valence-electron chi connectivity index (χ4n) is 1.16. The van der Waals surface area contributed by atoms with Crippen LogP contribution in [0.4, 0.5) is 11.4 Å². The van der Waals surface area contributed by atoms with Crippen LogP contribution in [0.15, 0.2) is 12.3 Å². The molecule has 0 bridgehead atoms. The molecule has 0 fully saturated rings. The summed E-state index contributed by atoms with van der Waals surface area (Å²) in [5, 5.41) is 0. The molecule has 0 spiro atoms. The molecule has 0 unspecified atom stereocenters. The molecule has 3 heteroatoms. The highest BCUT2D eigenvalue weighted by molar-refractivity contribution is 5.64. The summed E-state index contributed by atoms with van der Waals surface area (Å²) < 4.78 is 0. The zero-order chi connectivity index (χ0) is 9.84. The molecule has 1 aromatic heterocycles. The molecule has 72 valence electrons. The normalized spacial score (nSPS) is 10.7. The van der Waals surface area contributed by atoms with E-state index in [4.69, 9.17) is 11.5 Å². The fraction of sp³-hybridized carbons (Fsp3) is 0.500. The second kappa shape index (κ2) is 4.12. The summed E-state index contributed by atoms with van der Waals surface area (Å²) in [6, 6.07) is 1.73. The zero-order valence-electron chi connectivity index (χ0n) is 8.25. The van der Waals surface area contributed by atoms with Crippen molar-refractivity contribution in [1.82, 2.24) is 4.98 Å². The van der Waals surface area contributed by atoms with Gasteiger partial charge in [-0.25, -0.2) is 0 Å². The molecule has 0 aromatic carbocycles. The Kier molecular flexibility index (Phi) is 3.12. The van der Waals surface area contributed by atoms with E-state index in [9.17, 15) is 0 Å². The van der Waals surface area contributed by atoms with Crippen LogP contribution in [0.5, 0.6) is 0 Å². The molecule has 0 saturated heterocycles. The first kappa shape index (κ1) is 9.84. The maximum absolute atomic E-state index is 5.78. The van der Waals surface area contributed by atoms with Gasteiger partial charge in [-0.3, -0.25) is 4.98 Å². The lowest BCUT2D eigenvalue weighted by Crippen LogP contribution is -2.03. The molecular weight excluding hydrogens is 162 g/mol. The summed E-state index contributed by atoms with van der Waals surface area (Å²) in [6.45, 7) is 4.37. The van der Waals surface area contributed by atoms with Crippen molar-refractivity contribution in [3.63, 3.8) is 0 Å². The quantitative estimate of drug-likeness (QED) is 0.744. The summed E-state index contributed by atoms with van der Waals surface area (Å²) in [5.41, 5.74) is 13.6. The molecule has 0 radical (unpaired) electrons. The van der Waals surface area contributed by atoms with E-state index >= 15 is 0 Å². The van der Waals surface area contributed by atoms with Crippen molar-refractivity contribution in [2.24, 2.45) is 5.92 Å². The topological polar surface area (TPSA) is 64.9 Å². The van der Waals surface area contributed by atoms with Gasteiger partial charge in [0.05, 0.1) is 17.1 Å². The summed E-state index contributed by atoms with van der Waals surface area (Å²) in [5.74, 6) is 0.669. The summed E-state index contributed by atoms with van der Waals surface area (Å²) in [7, 11) is 0. The van der Waals surface area contributed by atoms with E-state index in [-0.39, 0.29) is 0 Å². The lowest BCUT2D eigenvalue weighted by molar-refractivity contribution is 0.582. The number of hydrogen-bond donors (Lipinski definition) is 2. The van der Waals surface area contributed by atoms with Gasteiger partial charge in [-0.1, -0.05) is 13.8 Å². The second-order valence-electron chi connectivity index (χ2n) is 3.69. The molecule has 0 atom stereocenters. The van der Waals surface area contributed by atoms with Gasteiger partial charge in [-0.15, -0.1) is 0 Å². The summed E-state index contributed by atoms with van der Waals surface area (Å²) in [6.07, 6.45) is 3.72. The Morgan fingerprint density at radius 2 is 2.08 bits per heavy atom. The first-order valence-electron chi connectivity index (χ1n) is 4.60. The average Bonchev–Trinajstić information content (AvgIpc) is 2.07. The minimum atomic E-state index is 0.633. The van der Waals surface area contributed by atoms with E-state index < -0.39 is 0 Å². The smallest absolute Gasteiger partial charge is 0.0766 e. The van der Waals surface area contributed by atoms with Crippen LogP contribution in [0, 0.1) is 5.92 Å². The summed E-state index contributed by atoms with van der Waals surface area (Å²) >= 11 is 0. The lowest BCUT2D eigenvalue weighted by Gasteiger charge is -2.08. The van der Waals surface area contributed by atoms with Crippen LogP contribution in [0.3, 0.4) is 0 Å². The van der Waals surface area contributed by atoms with Crippen LogP contribution >= 0.6 is 0 Å². The average molecular weight is 179 g/mol. The van der Waals surface area contributed by atoms with Crippen LogP contribution in [0.25, 0.3) is 0 Å². The van der Waals surface area contributed by atoms with Gasteiger partial charge in [-0.05, 0) is 24.8 Å². The van der Waals surface area contributed by atoms with Crippen molar-refractivity contribution in [2.45, 2.75) is 26.7 Å². The predicted molar refractivity (Wildman–Crippen MR) is 56.2 cm³/mol. The highest BCUT2D eigenvalue weighted by Crippen LogP contribution is 2.19. The molecular formula is C10H17N3. The van der Waals surface area contributed by atoms with Crippen LogP contribution < -0.4 is 11.5 Å². The molecule has 1 rings (SSSR count). The number of nitrogens with two attached hydrogens (primary N) is 2. The Balaban J connectivity index is 2.71. The number of rotatable bonds is 3. The molecule has 4 N–H and O–H groups in total. The van der Waals surface area contributed by atoms with Crippen LogP contribution in [0.2, 0.25) is 0 Å². The van der Waals surface area contributed by atoms with Crippen molar-refractivity contribution in [1.29, 1.82) is 0 Å². The molecule has 0 aliphatic rings. The molecule has 0 saturated carbocycles. The fourth-order valence-corrected chi connectivity index (χ4v) is 1.16. The Bertz CT molecular complexity index is 281. The van der Waals surface area contributed by atoms with Gasteiger partial charge in [0.1, 0.15) is 0 Å². The van der Waals surface area contributed by atoms with E-state index in [0.29, 0.717) is 17.3 Å². The number of hydrogen-bond acceptors (Lipinski definition) is 3. The van der Waals surface area contributed by atoms with Gasteiger partial charge in [-0.2, -0.15) is 0 Å². The Morgan fingerprint density at radius 3 is 2.69 bits per heavy atom. The van der Waals surface area contributed by atoms with Crippen molar-refractivity contribution in [2.75, 3.05) is 11.5 Å². The van der Waals surface area contributed by atoms with Crippen LogP contribution in [-0.4, -0.2) is 4.98 Å². The molecule has 0 aliphatic heterocycles. The monoisotopic (exact) mass is 179 g/mol. The molecule has 0 aliphatic carbocycles. The van der Waals surface area contributed by atoms with Gasteiger partial charge < -0.3 is 11.5 Å². The first-order valence-corrected chi connectivity index (χ1v) is 4.60. The lowest BCUT2D eigenvalue weighted by atomic mass is 10.1. The van der Waals surface area contributed by atoms with Gasteiger partial charge in [0.2, 0.25) is 0 Å². The Morgan fingerprint density at radius 1 is 1.38 bits per heavy atom. The first-order chi connectivity index (χ1) is 6.11. The van der Waals surface area contributed by atoms with Crippen LogP contribution in [-0.2, 0) is 6.42 Å². The van der Waals surface area contributed by atoms with Crippen molar-refractivity contribution in [3.05, 3.63) is 18.0 Å². The van der Waals surface area contributed by atoms with E-state index in [1.54, 1.807) is 12.3 Å². The number of nitrogens with zero attached hydrogens (tertiary/aromatic N) is 1. The highest BCUT2D eigenvalue weighted by Gasteiger charge is 2.04. The van der Waals surface area contributed by atoms with Crippen molar-refractivity contribution in [3.8, 4) is 0 Å². The van der Waals surface area contributed by atoms with Gasteiger partial charge in [0.15, 0.2) is 0 Å². The number of nitrogen functional groups attached to an aromatic ring is 2. The Hall–Kier alpha value is -1.25. The molecule has 3 nitrogen and oxygen atoms in total. The maximum atomic E-state index is 5.78. The van der Waals surface area contributed by atoms with Gasteiger partial charge >= 0.3 is 0 Å². The van der Waals surface area contributed by atoms with E-state index in [2.05, 4.69) is 18.8 Å². The van der Waals surface area contributed by atoms with Crippen LogP contribution in [0.1, 0.15) is 26.0 Å². The number of anilines is 2. The van der Waals surface area contributed by atoms with E-state index in [0.717, 1.165) is 18.5 Å². The minimum absolute atomic E-state index is 0.633. The predicted octanol–water partition coefficient (Wildman–Crippen LogP) is 1.83. The third-order valence-corrected chi connectivity index (χ3v) is 2.06. The van der Waals surface area contributed by atoms with Gasteiger partial charge in [0, 0.05) is 6.20 Å². The number of aryl methyl sites for hydroxylation is 1. The maximum Gasteiger partial charge on any atom is 0.0766 e. The number of aromatic nitrogens is 1. The van der Waals surface area contributed by atoms with E-state index in [1.165, 1.54) is 0 Å². The second-order valence-corrected chi connectivity index (χ2v) is 3.69. The number of pyridine rings is 1. The third-order valence-electron chi connectivity index (χ3n) is 2.06. The Labute approximate surface area is 79.2 Å². The van der Waals surface area contributed by atoms with Gasteiger partial charge in [0.25, 0.3) is 0 Å². The van der Waals surface area contributed by atoms with E-state index in [1.807, 2.05) is 0 Å². The third kappa shape index (κ3) is 2.61. The SMILES string of the molecule is CC(C)CCc1nccc(N)c1N. The van der Waals surface area contributed by atoms with Crippen molar-refractivity contribution < 1.29 is 0 Å².